The molecule has 1 saturated carbocycles. The van der Waals surface area contributed by atoms with E-state index in [1.165, 1.54) is 12.5 Å². The summed E-state index contributed by atoms with van der Waals surface area (Å²) in [5.74, 6) is -2.02. The summed E-state index contributed by atoms with van der Waals surface area (Å²) in [6.07, 6.45) is 8.74. The highest BCUT2D eigenvalue weighted by atomic mass is 19.1. The maximum absolute atomic E-state index is 15.1. The van der Waals surface area contributed by atoms with Crippen molar-refractivity contribution >= 4 is 28.5 Å². The highest BCUT2D eigenvalue weighted by Gasteiger charge is 2.22. The lowest BCUT2D eigenvalue weighted by Gasteiger charge is -2.26. The second-order valence-corrected chi connectivity index (χ2v) is 9.38. The normalized spacial score (nSPS) is 15.4. The number of hydrogen-bond donors (Lipinski definition) is 3. The smallest absolute Gasteiger partial charge is 0.303 e. The number of hydrogen-bond acceptors (Lipinski definition) is 4. The molecule has 8 heteroatoms. The van der Waals surface area contributed by atoms with Gasteiger partial charge in [-0.3, -0.25) is 14.4 Å². The number of carboxylic acids is 1. The number of carbonyl (C=O) groups is 2. The third-order valence-corrected chi connectivity index (χ3v) is 6.84. The van der Waals surface area contributed by atoms with Gasteiger partial charge in [-0.25, -0.2) is 4.39 Å². The van der Waals surface area contributed by atoms with E-state index in [0.717, 1.165) is 38.5 Å². The minimum atomic E-state index is -0.948. The third kappa shape index (κ3) is 5.96. The SMILES string of the molecule is CCC(CC)n1cc(C(=O)N[C@H](C)CCC(=O)O)c(=O)c2cc(F)c(NC3CCCCC3)cc21. The van der Waals surface area contributed by atoms with E-state index in [4.69, 9.17) is 5.11 Å². The Kier molecular flexibility index (Phi) is 8.69. The van der Waals surface area contributed by atoms with Crippen molar-refractivity contribution in [3.05, 3.63) is 39.9 Å². The molecule has 186 valence electrons. The minimum Gasteiger partial charge on any atom is -0.481 e. The molecule has 2 aromatic rings. The van der Waals surface area contributed by atoms with E-state index in [0.29, 0.717) is 11.2 Å². The van der Waals surface area contributed by atoms with Gasteiger partial charge >= 0.3 is 5.97 Å². The van der Waals surface area contributed by atoms with Crippen LogP contribution < -0.4 is 16.1 Å². The molecule has 1 heterocycles. The summed E-state index contributed by atoms with van der Waals surface area (Å²) in [6, 6.07) is 2.78. The quantitative estimate of drug-likeness (QED) is 0.439. The fourth-order valence-corrected chi connectivity index (χ4v) is 4.81. The summed E-state index contributed by atoms with van der Waals surface area (Å²) in [4.78, 5) is 37.0. The highest BCUT2D eigenvalue weighted by Crippen LogP contribution is 2.29. The number of carboxylic acid groups (broad SMARTS) is 1. The van der Waals surface area contributed by atoms with Crippen molar-refractivity contribution in [2.45, 2.75) is 96.7 Å². The Balaban J connectivity index is 2.03. The monoisotopic (exact) mass is 473 g/mol. The predicted octanol–water partition coefficient (Wildman–Crippen LogP) is 5.23. The first-order chi connectivity index (χ1) is 16.2. The molecule has 1 fully saturated rings. The Bertz CT molecular complexity index is 1090. The van der Waals surface area contributed by atoms with Gasteiger partial charge in [-0.1, -0.05) is 33.1 Å². The molecule has 3 N–H and O–H groups in total. The van der Waals surface area contributed by atoms with Gasteiger partial charge in [0.2, 0.25) is 5.43 Å². The molecule has 0 aliphatic heterocycles. The number of benzene rings is 1. The molecule has 0 bridgehead atoms. The lowest BCUT2D eigenvalue weighted by molar-refractivity contribution is -0.137. The number of pyridine rings is 1. The standard InChI is InChI=1S/C26H36FN3O4/c1-4-18(5-2)30-15-20(26(34)28-16(3)11-12-24(31)32)25(33)19-13-21(27)22(14-23(19)30)29-17-9-7-6-8-10-17/h13-18,29H,4-12H2,1-3H3,(H,28,34)(H,31,32)/t16-/m1/s1. The number of halogens is 1. The average molecular weight is 474 g/mol. The minimum absolute atomic E-state index is 0.0343. The van der Waals surface area contributed by atoms with Crippen LogP contribution in [0, 0.1) is 5.82 Å². The Morgan fingerprint density at radius 2 is 1.85 bits per heavy atom. The number of aromatic nitrogens is 1. The van der Waals surface area contributed by atoms with Crippen LogP contribution in [0.3, 0.4) is 0 Å². The van der Waals surface area contributed by atoms with Gasteiger partial charge in [0.25, 0.3) is 5.91 Å². The lowest BCUT2D eigenvalue weighted by Crippen LogP contribution is -2.36. The zero-order chi connectivity index (χ0) is 24.8. The van der Waals surface area contributed by atoms with Crippen LogP contribution in [0.5, 0.6) is 0 Å². The maximum atomic E-state index is 15.1. The van der Waals surface area contributed by atoms with Gasteiger partial charge in [0.05, 0.1) is 11.2 Å². The molecule has 7 nitrogen and oxygen atoms in total. The van der Waals surface area contributed by atoms with Gasteiger partial charge in [0.1, 0.15) is 11.4 Å². The van der Waals surface area contributed by atoms with Crippen molar-refractivity contribution in [3.8, 4) is 0 Å². The lowest BCUT2D eigenvalue weighted by atomic mass is 9.95. The van der Waals surface area contributed by atoms with Crippen LogP contribution in [0.2, 0.25) is 0 Å². The van der Waals surface area contributed by atoms with Crippen LogP contribution in [0.4, 0.5) is 10.1 Å². The Hall–Kier alpha value is -2.90. The maximum Gasteiger partial charge on any atom is 0.303 e. The molecule has 1 aliphatic carbocycles. The molecule has 1 amide bonds. The fraction of sp³-hybridized carbons (Fsp3) is 0.577. The van der Waals surface area contributed by atoms with Crippen molar-refractivity contribution in [2.24, 2.45) is 0 Å². The Morgan fingerprint density at radius 1 is 1.18 bits per heavy atom. The Morgan fingerprint density at radius 3 is 2.47 bits per heavy atom. The molecule has 1 aromatic heterocycles. The second kappa shape index (κ2) is 11.5. The summed E-state index contributed by atoms with van der Waals surface area (Å²) in [5, 5.41) is 15.1. The number of carbonyl (C=O) groups excluding carboxylic acids is 1. The second-order valence-electron chi connectivity index (χ2n) is 9.38. The van der Waals surface area contributed by atoms with E-state index in [9.17, 15) is 14.4 Å². The van der Waals surface area contributed by atoms with Crippen LogP contribution in [0.1, 0.15) is 95.0 Å². The molecule has 0 saturated heterocycles. The van der Waals surface area contributed by atoms with Gasteiger partial charge in [-0.05, 0) is 51.2 Å². The van der Waals surface area contributed by atoms with Crippen LogP contribution in [0.15, 0.2) is 23.1 Å². The van der Waals surface area contributed by atoms with Crippen molar-refractivity contribution in [1.29, 1.82) is 0 Å². The zero-order valence-electron chi connectivity index (χ0n) is 20.3. The largest absolute Gasteiger partial charge is 0.481 e. The molecular weight excluding hydrogens is 437 g/mol. The van der Waals surface area contributed by atoms with E-state index < -0.39 is 29.2 Å². The van der Waals surface area contributed by atoms with E-state index in [1.54, 1.807) is 19.2 Å². The first-order valence-corrected chi connectivity index (χ1v) is 12.4. The van der Waals surface area contributed by atoms with E-state index in [2.05, 4.69) is 10.6 Å². The summed E-state index contributed by atoms with van der Waals surface area (Å²) < 4.78 is 17.0. The molecule has 1 aliphatic rings. The average Bonchev–Trinajstić information content (AvgIpc) is 2.81. The van der Waals surface area contributed by atoms with Crippen molar-refractivity contribution in [1.82, 2.24) is 9.88 Å². The number of aliphatic carboxylic acids is 1. The molecule has 34 heavy (non-hydrogen) atoms. The van der Waals surface area contributed by atoms with Crippen LogP contribution in [-0.2, 0) is 4.79 Å². The van der Waals surface area contributed by atoms with E-state index in [-0.39, 0.29) is 35.9 Å². The molecule has 1 atom stereocenters. The number of rotatable bonds is 10. The van der Waals surface area contributed by atoms with Crippen LogP contribution >= 0.6 is 0 Å². The Labute approximate surface area is 199 Å². The van der Waals surface area contributed by atoms with Gasteiger partial charge in [-0.2, -0.15) is 0 Å². The zero-order valence-corrected chi connectivity index (χ0v) is 20.3. The molecule has 0 spiro atoms. The first-order valence-electron chi connectivity index (χ1n) is 12.4. The molecular formula is C26H36FN3O4. The first kappa shape index (κ1) is 25.7. The number of amides is 1. The van der Waals surface area contributed by atoms with Gasteiger partial charge in [0.15, 0.2) is 0 Å². The number of fused-ring (bicyclic) bond motifs is 1. The van der Waals surface area contributed by atoms with Crippen molar-refractivity contribution in [2.75, 3.05) is 5.32 Å². The topological polar surface area (TPSA) is 100 Å². The summed E-state index contributed by atoms with van der Waals surface area (Å²) in [6.45, 7) is 5.78. The van der Waals surface area contributed by atoms with Gasteiger partial charge in [0, 0.05) is 36.1 Å². The van der Waals surface area contributed by atoms with Crippen molar-refractivity contribution in [3.63, 3.8) is 0 Å². The van der Waals surface area contributed by atoms with Gasteiger partial charge in [-0.15, -0.1) is 0 Å². The fourth-order valence-electron chi connectivity index (χ4n) is 4.81. The van der Waals surface area contributed by atoms with Crippen molar-refractivity contribution < 1.29 is 19.1 Å². The summed E-state index contributed by atoms with van der Waals surface area (Å²) in [7, 11) is 0. The molecule has 3 rings (SSSR count). The van der Waals surface area contributed by atoms with E-state index >= 15 is 4.39 Å². The summed E-state index contributed by atoms with van der Waals surface area (Å²) in [5.41, 5.74) is 0.407. The number of nitrogens with one attached hydrogen (secondary N) is 2. The third-order valence-electron chi connectivity index (χ3n) is 6.84. The highest BCUT2D eigenvalue weighted by molar-refractivity contribution is 5.98. The van der Waals surface area contributed by atoms with Crippen LogP contribution in [0.25, 0.3) is 10.9 Å². The van der Waals surface area contributed by atoms with E-state index in [1.807, 2.05) is 18.4 Å². The number of nitrogens with zero attached hydrogens (tertiary/aromatic N) is 1. The molecule has 1 aromatic carbocycles. The van der Waals surface area contributed by atoms with Gasteiger partial charge < -0.3 is 20.3 Å². The van der Waals surface area contributed by atoms with Crippen LogP contribution in [-0.4, -0.2) is 33.6 Å². The summed E-state index contributed by atoms with van der Waals surface area (Å²) >= 11 is 0. The predicted molar refractivity (Wildman–Crippen MR) is 132 cm³/mol. The number of anilines is 1. The molecule has 0 unspecified atom stereocenters. The molecule has 0 radical (unpaired) electrons.